The van der Waals surface area contributed by atoms with Crippen LogP contribution < -0.4 is 4.74 Å². The van der Waals surface area contributed by atoms with Crippen LogP contribution in [0.5, 0.6) is 5.88 Å². The smallest absolute Gasteiger partial charge is 0.243 e. The minimum atomic E-state index is 0.0554. The van der Waals surface area contributed by atoms with E-state index in [0.717, 1.165) is 11.3 Å². The Morgan fingerprint density at radius 1 is 1.14 bits per heavy atom. The van der Waals surface area contributed by atoms with Gasteiger partial charge in [0, 0.05) is 12.6 Å². The van der Waals surface area contributed by atoms with Crippen LogP contribution in [0.1, 0.15) is 10.5 Å². The summed E-state index contributed by atoms with van der Waals surface area (Å²) < 4.78 is 6.79. The fourth-order valence-corrected chi connectivity index (χ4v) is 3.46. The maximum absolute atomic E-state index is 11.4. The highest BCUT2D eigenvalue weighted by molar-refractivity contribution is 6.45. The van der Waals surface area contributed by atoms with Gasteiger partial charge in [0.25, 0.3) is 0 Å². The molecule has 0 amide bonds. The molecule has 0 atom stereocenters. The Hall–Kier alpha value is -3.03. The lowest BCUT2D eigenvalue weighted by Gasteiger charge is -2.12. The number of methoxy groups -OCH3 is 1. The van der Waals surface area contributed by atoms with Crippen LogP contribution in [0.25, 0.3) is 33.5 Å². The first-order valence-corrected chi connectivity index (χ1v) is 8.95. The summed E-state index contributed by atoms with van der Waals surface area (Å²) in [6.07, 6.45) is 0.576. The highest BCUT2D eigenvalue weighted by Gasteiger charge is 2.24. The highest BCUT2D eigenvalue weighted by atomic mass is 35.5. The lowest BCUT2D eigenvalue weighted by molar-refractivity contribution is 0.111. The van der Waals surface area contributed by atoms with Crippen molar-refractivity contribution >= 4 is 40.5 Å². The molecule has 2 aromatic heterocycles. The van der Waals surface area contributed by atoms with Gasteiger partial charge >= 0.3 is 0 Å². The van der Waals surface area contributed by atoms with Gasteiger partial charge < -0.3 is 4.74 Å². The van der Waals surface area contributed by atoms with Crippen molar-refractivity contribution in [3.63, 3.8) is 0 Å². The third-order valence-corrected chi connectivity index (χ3v) is 5.05. The zero-order chi connectivity index (χ0) is 19.8. The van der Waals surface area contributed by atoms with Gasteiger partial charge in [0.1, 0.15) is 11.2 Å². The molecule has 0 aliphatic carbocycles. The number of nitrogens with zero attached hydrogens (tertiary/aromatic N) is 5. The van der Waals surface area contributed by atoms with Gasteiger partial charge in [0.15, 0.2) is 12.0 Å². The molecule has 0 fully saturated rings. The average Bonchev–Trinajstić information content (AvgIpc) is 3.09. The molecule has 2 aromatic carbocycles. The van der Waals surface area contributed by atoms with Crippen molar-refractivity contribution in [3.8, 4) is 28.4 Å². The number of carbonyl (C=O) groups excluding carboxylic acids is 1. The number of carbonyl (C=O) groups is 1. The molecular weight excluding hydrogens is 401 g/mol. The Bertz CT molecular complexity index is 1210. The minimum Gasteiger partial charge on any atom is -0.479 e. The van der Waals surface area contributed by atoms with E-state index in [1.165, 1.54) is 7.11 Å². The molecule has 2 heterocycles. The van der Waals surface area contributed by atoms with E-state index in [0.29, 0.717) is 28.6 Å². The topological polar surface area (TPSA) is 82.8 Å². The first kappa shape index (κ1) is 18.3. The van der Waals surface area contributed by atoms with Crippen molar-refractivity contribution < 1.29 is 9.53 Å². The van der Waals surface area contributed by atoms with E-state index in [4.69, 9.17) is 27.9 Å². The molecule has 9 heteroatoms. The predicted molar refractivity (Wildman–Crippen MR) is 107 cm³/mol. The van der Waals surface area contributed by atoms with Gasteiger partial charge in [0.2, 0.25) is 5.88 Å². The van der Waals surface area contributed by atoms with Crippen molar-refractivity contribution in [1.82, 2.24) is 25.0 Å². The standard InChI is InChI=1S/C19H13Cl2N5O2/c1-26-18(10-6-4-3-5-7-10)17(24-25-26)14-15(21)11(20)8-12-16(14)22-13(9-27)19(23-12)28-2/h3-9H,1-2H3. The molecule has 4 rings (SSSR count). The zero-order valence-electron chi connectivity index (χ0n) is 14.8. The first-order chi connectivity index (χ1) is 13.5. The largest absolute Gasteiger partial charge is 0.479 e. The average molecular weight is 414 g/mol. The summed E-state index contributed by atoms with van der Waals surface area (Å²) in [4.78, 5) is 20.2. The normalized spacial score (nSPS) is 11.0. The second kappa shape index (κ2) is 7.18. The van der Waals surface area contributed by atoms with Gasteiger partial charge in [-0.15, -0.1) is 5.10 Å². The van der Waals surface area contributed by atoms with Gasteiger partial charge in [-0.2, -0.15) is 0 Å². The predicted octanol–water partition coefficient (Wildman–Crippen LogP) is 4.22. The van der Waals surface area contributed by atoms with Crippen LogP contribution in [-0.2, 0) is 7.05 Å². The molecule has 0 bridgehead atoms. The molecule has 4 aromatic rings. The van der Waals surface area contributed by atoms with Gasteiger partial charge in [0.05, 0.1) is 33.9 Å². The summed E-state index contributed by atoms with van der Waals surface area (Å²) in [5.41, 5.74) is 3.44. The van der Waals surface area contributed by atoms with Crippen LogP contribution in [0, 0.1) is 0 Å². The SMILES string of the molecule is COc1nc2cc(Cl)c(Cl)c(-c3nnn(C)c3-c3ccccc3)c2nc1C=O. The Labute approximate surface area is 169 Å². The summed E-state index contributed by atoms with van der Waals surface area (Å²) in [6, 6.07) is 11.2. The fraction of sp³-hybridized carbons (Fsp3) is 0.105. The molecule has 0 aliphatic heterocycles. The van der Waals surface area contributed by atoms with E-state index in [-0.39, 0.29) is 21.6 Å². The first-order valence-electron chi connectivity index (χ1n) is 8.19. The van der Waals surface area contributed by atoms with Crippen molar-refractivity contribution in [2.75, 3.05) is 7.11 Å². The van der Waals surface area contributed by atoms with E-state index in [1.807, 2.05) is 30.3 Å². The Balaban J connectivity index is 2.10. The van der Waals surface area contributed by atoms with Gasteiger partial charge in [-0.25, -0.2) is 14.6 Å². The Morgan fingerprint density at radius 2 is 1.89 bits per heavy atom. The number of halogens is 2. The molecule has 0 saturated carbocycles. The quantitative estimate of drug-likeness (QED) is 0.465. The third kappa shape index (κ3) is 2.89. The van der Waals surface area contributed by atoms with E-state index in [9.17, 15) is 4.79 Å². The van der Waals surface area contributed by atoms with Crippen LogP contribution in [0.15, 0.2) is 36.4 Å². The molecule has 28 heavy (non-hydrogen) atoms. The summed E-state index contributed by atoms with van der Waals surface area (Å²) >= 11 is 12.9. The number of aldehydes is 1. The highest BCUT2D eigenvalue weighted by Crippen LogP contribution is 2.42. The van der Waals surface area contributed by atoms with Crippen LogP contribution in [0.2, 0.25) is 10.0 Å². The summed E-state index contributed by atoms with van der Waals surface area (Å²) in [6.45, 7) is 0. The van der Waals surface area contributed by atoms with Gasteiger partial charge in [-0.1, -0.05) is 58.7 Å². The third-order valence-electron chi connectivity index (χ3n) is 4.26. The van der Waals surface area contributed by atoms with Crippen molar-refractivity contribution in [1.29, 1.82) is 0 Å². The second-order valence-corrected chi connectivity index (χ2v) is 6.71. The number of aromatic nitrogens is 5. The van der Waals surface area contributed by atoms with Crippen LogP contribution in [0.4, 0.5) is 0 Å². The Morgan fingerprint density at radius 3 is 2.57 bits per heavy atom. The molecule has 0 aliphatic rings. The monoisotopic (exact) mass is 413 g/mol. The molecule has 0 N–H and O–H groups in total. The van der Waals surface area contributed by atoms with E-state index in [2.05, 4.69) is 20.3 Å². The van der Waals surface area contributed by atoms with Crippen LogP contribution >= 0.6 is 23.2 Å². The van der Waals surface area contributed by atoms with Crippen LogP contribution in [0.3, 0.4) is 0 Å². The van der Waals surface area contributed by atoms with Gasteiger partial charge in [-0.05, 0) is 6.07 Å². The number of fused-ring (bicyclic) bond motifs is 1. The molecule has 0 spiro atoms. The molecule has 0 radical (unpaired) electrons. The van der Waals surface area contributed by atoms with Gasteiger partial charge in [-0.3, -0.25) is 4.79 Å². The molecule has 7 nitrogen and oxygen atoms in total. The number of rotatable bonds is 4. The summed E-state index contributed by atoms with van der Waals surface area (Å²) in [7, 11) is 3.20. The maximum Gasteiger partial charge on any atom is 0.243 e. The number of benzene rings is 2. The van der Waals surface area contributed by atoms with Crippen molar-refractivity contribution in [2.24, 2.45) is 7.05 Å². The number of hydrogen-bond acceptors (Lipinski definition) is 6. The van der Waals surface area contributed by atoms with E-state index in [1.54, 1.807) is 17.8 Å². The van der Waals surface area contributed by atoms with E-state index >= 15 is 0 Å². The van der Waals surface area contributed by atoms with Crippen molar-refractivity contribution in [3.05, 3.63) is 52.1 Å². The molecule has 140 valence electrons. The maximum atomic E-state index is 11.4. The number of hydrogen-bond donors (Lipinski definition) is 0. The van der Waals surface area contributed by atoms with Crippen molar-refractivity contribution in [2.45, 2.75) is 0 Å². The fourth-order valence-electron chi connectivity index (χ4n) is 3.02. The number of ether oxygens (including phenoxy) is 1. The lowest BCUT2D eigenvalue weighted by atomic mass is 10.0. The number of aryl methyl sites for hydroxylation is 1. The molecular formula is C19H13Cl2N5O2. The lowest BCUT2D eigenvalue weighted by Crippen LogP contribution is -2.01. The summed E-state index contributed by atoms with van der Waals surface area (Å²) in [5.74, 6) is 0.106. The molecule has 0 saturated heterocycles. The zero-order valence-corrected chi connectivity index (χ0v) is 16.4. The second-order valence-electron chi connectivity index (χ2n) is 5.93. The Kier molecular flexibility index (Phi) is 4.70. The van der Waals surface area contributed by atoms with Crippen LogP contribution in [-0.4, -0.2) is 38.4 Å². The summed E-state index contributed by atoms with van der Waals surface area (Å²) in [5, 5.41) is 8.98. The minimum absolute atomic E-state index is 0.0554. The molecule has 0 unspecified atom stereocenters. The van der Waals surface area contributed by atoms with E-state index < -0.39 is 0 Å².